The van der Waals surface area contributed by atoms with Crippen LogP contribution in [0.3, 0.4) is 0 Å². The van der Waals surface area contributed by atoms with Gasteiger partial charge < -0.3 is 14.6 Å². The van der Waals surface area contributed by atoms with E-state index in [1.54, 1.807) is 50.5 Å². The second kappa shape index (κ2) is 8.07. The lowest BCUT2D eigenvalue weighted by Crippen LogP contribution is -2.33. The number of rotatable bonds is 4. The quantitative estimate of drug-likeness (QED) is 0.659. The fraction of sp³-hybridized carbons (Fsp3) is 0.118. The molecule has 0 radical (unpaired) electrons. The van der Waals surface area contributed by atoms with Crippen LogP contribution in [0, 0.1) is 0 Å². The molecule has 0 aliphatic carbocycles. The van der Waals surface area contributed by atoms with Gasteiger partial charge in [-0.2, -0.15) is 0 Å². The highest BCUT2D eigenvalue weighted by Gasteiger charge is 2.13. The normalized spacial score (nSPS) is 10.4. The molecule has 2 N–H and O–H groups in total. The SMILES string of the molecule is CN(C)C(=O)c1ccccc1NC(=S)NC(=O)C=Cc1ccco1. The number of carbonyl (C=O) groups is 2. The Labute approximate surface area is 145 Å². The Kier molecular flexibility index (Phi) is 5.86. The van der Waals surface area contributed by atoms with E-state index in [1.165, 1.54) is 23.3 Å². The zero-order chi connectivity index (χ0) is 17.5. The lowest BCUT2D eigenvalue weighted by molar-refractivity contribution is -0.115. The van der Waals surface area contributed by atoms with E-state index in [2.05, 4.69) is 10.6 Å². The van der Waals surface area contributed by atoms with Crippen molar-refractivity contribution in [1.29, 1.82) is 0 Å². The number of thiocarbonyl (C=S) groups is 1. The molecule has 0 saturated heterocycles. The highest BCUT2D eigenvalue weighted by atomic mass is 32.1. The third-order valence-electron chi connectivity index (χ3n) is 2.99. The van der Waals surface area contributed by atoms with Gasteiger partial charge >= 0.3 is 0 Å². The summed E-state index contributed by atoms with van der Waals surface area (Å²) in [6.07, 6.45) is 4.35. The van der Waals surface area contributed by atoms with Gasteiger partial charge in [0, 0.05) is 20.2 Å². The fourth-order valence-electron chi connectivity index (χ4n) is 1.87. The molecule has 0 atom stereocenters. The molecular weight excluding hydrogens is 326 g/mol. The molecule has 124 valence electrons. The van der Waals surface area contributed by atoms with E-state index in [4.69, 9.17) is 16.6 Å². The molecule has 0 unspecified atom stereocenters. The van der Waals surface area contributed by atoms with Gasteiger partial charge in [-0.3, -0.25) is 14.9 Å². The van der Waals surface area contributed by atoms with E-state index in [1.807, 2.05) is 0 Å². The molecule has 0 saturated carbocycles. The minimum Gasteiger partial charge on any atom is -0.465 e. The molecule has 0 aliphatic rings. The summed E-state index contributed by atoms with van der Waals surface area (Å²) < 4.78 is 5.09. The maximum atomic E-state index is 12.1. The van der Waals surface area contributed by atoms with Crippen molar-refractivity contribution < 1.29 is 14.0 Å². The highest BCUT2D eigenvalue weighted by molar-refractivity contribution is 7.80. The molecule has 7 heteroatoms. The summed E-state index contributed by atoms with van der Waals surface area (Å²) in [4.78, 5) is 25.4. The summed E-state index contributed by atoms with van der Waals surface area (Å²) in [5, 5.41) is 5.48. The Bertz CT molecular complexity index is 767. The summed E-state index contributed by atoms with van der Waals surface area (Å²) in [6, 6.07) is 10.4. The predicted octanol–water partition coefficient (Wildman–Crippen LogP) is 2.51. The Morgan fingerprint density at radius 1 is 1.17 bits per heavy atom. The van der Waals surface area contributed by atoms with Crippen LogP contribution in [0.1, 0.15) is 16.1 Å². The van der Waals surface area contributed by atoms with Crippen LogP contribution in [0.5, 0.6) is 0 Å². The summed E-state index contributed by atoms with van der Waals surface area (Å²) in [7, 11) is 3.33. The van der Waals surface area contributed by atoms with Gasteiger partial charge in [0.2, 0.25) is 5.91 Å². The third kappa shape index (κ3) is 4.79. The molecule has 2 amide bonds. The molecule has 1 heterocycles. The number of furan rings is 1. The first kappa shape index (κ1) is 17.4. The number of nitrogens with zero attached hydrogens (tertiary/aromatic N) is 1. The van der Waals surface area contributed by atoms with Crippen LogP contribution in [-0.4, -0.2) is 35.9 Å². The minimum atomic E-state index is -0.402. The number of carbonyl (C=O) groups excluding carboxylic acids is 2. The van der Waals surface area contributed by atoms with Crippen LogP contribution < -0.4 is 10.6 Å². The molecule has 1 aromatic heterocycles. The number of amides is 2. The van der Waals surface area contributed by atoms with E-state index in [0.29, 0.717) is 17.0 Å². The highest BCUT2D eigenvalue weighted by Crippen LogP contribution is 2.16. The lowest BCUT2D eigenvalue weighted by Gasteiger charge is -2.15. The van der Waals surface area contributed by atoms with Crippen LogP contribution in [0.25, 0.3) is 6.08 Å². The van der Waals surface area contributed by atoms with E-state index in [-0.39, 0.29) is 11.0 Å². The van der Waals surface area contributed by atoms with Gasteiger partial charge in [-0.05, 0) is 42.6 Å². The number of hydrogen-bond donors (Lipinski definition) is 2. The van der Waals surface area contributed by atoms with Gasteiger partial charge in [-0.25, -0.2) is 0 Å². The lowest BCUT2D eigenvalue weighted by atomic mass is 10.1. The third-order valence-corrected chi connectivity index (χ3v) is 3.19. The van der Waals surface area contributed by atoms with Crippen molar-refractivity contribution in [2.24, 2.45) is 0 Å². The van der Waals surface area contributed by atoms with Crippen molar-refractivity contribution in [3.63, 3.8) is 0 Å². The Balaban J connectivity index is 2.00. The standard InChI is InChI=1S/C17H17N3O3S/c1-20(2)16(22)13-7-3-4-8-14(13)18-17(24)19-15(21)10-9-12-6-5-11-23-12/h3-11H,1-2H3,(H2,18,19,21,24). The maximum Gasteiger partial charge on any atom is 0.255 e. The minimum absolute atomic E-state index is 0.100. The van der Waals surface area contributed by atoms with Crippen LogP contribution in [0.15, 0.2) is 53.2 Å². The first-order valence-corrected chi connectivity index (χ1v) is 7.52. The monoisotopic (exact) mass is 343 g/mol. The second-order valence-corrected chi connectivity index (χ2v) is 5.45. The van der Waals surface area contributed by atoms with Crippen LogP contribution in [0.2, 0.25) is 0 Å². The first-order valence-electron chi connectivity index (χ1n) is 7.11. The molecule has 2 rings (SSSR count). The van der Waals surface area contributed by atoms with Crippen molar-refractivity contribution in [3.05, 3.63) is 60.1 Å². The number of hydrogen-bond acceptors (Lipinski definition) is 4. The fourth-order valence-corrected chi connectivity index (χ4v) is 2.08. The van der Waals surface area contributed by atoms with Gasteiger partial charge in [0.05, 0.1) is 17.5 Å². The van der Waals surface area contributed by atoms with Crippen molar-refractivity contribution >= 4 is 40.9 Å². The van der Waals surface area contributed by atoms with Gasteiger partial charge in [0.25, 0.3) is 5.91 Å². The van der Waals surface area contributed by atoms with Crippen LogP contribution in [0.4, 0.5) is 5.69 Å². The molecule has 0 spiro atoms. The largest absolute Gasteiger partial charge is 0.465 e. The topological polar surface area (TPSA) is 74.6 Å². The van der Waals surface area contributed by atoms with E-state index >= 15 is 0 Å². The molecule has 6 nitrogen and oxygen atoms in total. The van der Waals surface area contributed by atoms with Crippen LogP contribution in [-0.2, 0) is 4.79 Å². The molecule has 0 bridgehead atoms. The molecule has 1 aromatic carbocycles. The van der Waals surface area contributed by atoms with Crippen molar-refractivity contribution in [1.82, 2.24) is 10.2 Å². The number of para-hydroxylation sites is 1. The molecular formula is C17H17N3O3S. The summed E-state index contributed by atoms with van der Waals surface area (Å²) in [5.41, 5.74) is 0.988. The van der Waals surface area contributed by atoms with E-state index < -0.39 is 5.91 Å². The summed E-state index contributed by atoms with van der Waals surface area (Å²) in [6.45, 7) is 0. The average molecular weight is 343 g/mol. The summed E-state index contributed by atoms with van der Waals surface area (Å²) in [5.74, 6) is -0.00351. The first-order chi connectivity index (χ1) is 11.5. The van der Waals surface area contributed by atoms with Crippen molar-refractivity contribution in [3.8, 4) is 0 Å². The van der Waals surface area contributed by atoms with Gasteiger partial charge in [0.1, 0.15) is 5.76 Å². The Hall–Kier alpha value is -2.93. The molecule has 0 aliphatic heterocycles. The number of nitrogens with one attached hydrogen (secondary N) is 2. The van der Waals surface area contributed by atoms with E-state index in [9.17, 15) is 9.59 Å². The number of anilines is 1. The van der Waals surface area contributed by atoms with Crippen LogP contribution >= 0.6 is 12.2 Å². The summed E-state index contributed by atoms with van der Waals surface area (Å²) >= 11 is 5.11. The molecule has 2 aromatic rings. The maximum absolute atomic E-state index is 12.1. The molecule has 24 heavy (non-hydrogen) atoms. The van der Waals surface area contributed by atoms with Gasteiger partial charge in [-0.1, -0.05) is 12.1 Å². The van der Waals surface area contributed by atoms with E-state index in [0.717, 1.165) is 0 Å². The van der Waals surface area contributed by atoms with Gasteiger partial charge in [-0.15, -0.1) is 0 Å². The molecule has 0 fully saturated rings. The van der Waals surface area contributed by atoms with Crippen molar-refractivity contribution in [2.75, 3.05) is 19.4 Å². The predicted molar refractivity (Wildman–Crippen MR) is 96.6 cm³/mol. The smallest absolute Gasteiger partial charge is 0.255 e. The van der Waals surface area contributed by atoms with Crippen molar-refractivity contribution in [2.45, 2.75) is 0 Å². The van der Waals surface area contributed by atoms with Gasteiger partial charge in [0.15, 0.2) is 5.11 Å². The Morgan fingerprint density at radius 2 is 1.92 bits per heavy atom. The Morgan fingerprint density at radius 3 is 2.58 bits per heavy atom. The second-order valence-electron chi connectivity index (χ2n) is 5.04. The zero-order valence-corrected chi connectivity index (χ0v) is 14.1. The number of benzene rings is 1. The zero-order valence-electron chi connectivity index (χ0n) is 13.3. The average Bonchev–Trinajstić information content (AvgIpc) is 3.06.